The Bertz CT molecular complexity index is 136. The van der Waals surface area contributed by atoms with Gasteiger partial charge < -0.3 is 9.87 Å². The van der Waals surface area contributed by atoms with Crippen molar-refractivity contribution in [1.82, 2.24) is 15.2 Å². The number of nitrogens with one attached hydrogen (secondary N) is 2. The second-order valence-corrected chi connectivity index (χ2v) is 3.07. The maximum atomic E-state index is 10.2. The maximum absolute atomic E-state index is 10.2. The predicted octanol–water partition coefficient (Wildman–Crippen LogP) is -1.42. The molecule has 0 saturated carbocycles. The lowest BCUT2D eigenvalue weighted by Gasteiger charge is -2.21. The highest BCUT2D eigenvalue weighted by Gasteiger charge is 2.06. The second kappa shape index (κ2) is 4.78. The normalized spacial score (nSPS) is 24.5. The molecule has 0 radical (unpaired) electrons. The van der Waals surface area contributed by atoms with Crippen LogP contribution in [0.4, 0.5) is 0 Å². The first-order valence-corrected chi connectivity index (χ1v) is 4.68. The minimum atomic E-state index is -2.17. The van der Waals surface area contributed by atoms with Gasteiger partial charge in [-0.1, -0.05) is 0 Å². The first-order valence-electron chi connectivity index (χ1n) is 3.60. The molecule has 0 aromatic rings. The van der Waals surface area contributed by atoms with E-state index >= 15 is 0 Å². The van der Waals surface area contributed by atoms with E-state index in [4.69, 9.17) is 0 Å². The molecule has 2 N–H and O–H groups in total. The van der Waals surface area contributed by atoms with Gasteiger partial charge in [0.05, 0.1) is 0 Å². The molecule has 1 heterocycles. The van der Waals surface area contributed by atoms with Gasteiger partial charge in [0, 0.05) is 30.9 Å². The largest absolute Gasteiger partial charge is 0.759 e. The van der Waals surface area contributed by atoms with Crippen LogP contribution in [0, 0.1) is 0 Å². The van der Waals surface area contributed by atoms with E-state index < -0.39 is 11.3 Å². The Morgan fingerprint density at radius 2 is 2.27 bits per heavy atom. The average molecular weight is 178 g/mol. The van der Waals surface area contributed by atoms with Gasteiger partial charge in [0.25, 0.3) is 0 Å². The van der Waals surface area contributed by atoms with Gasteiger partial charge in [-0.3, -0.25) is 4.21 Å². The van der Waals surface area contributed by atoms with Crippen molar-refractivity contribution >= 4 is 11.3 Å². The number of rotatable bonds is 2. The van der Waals surface area contributed by atoms with Gasteiger partial charge >= 0.3 is 0 Å². The van der Waals surface area contributed by atoms with Crippen LogP contribution in [0.2, 0.25) is 0 Å². The summed E-state index contributed by atoms with van der Waals surface area (Å²) in [5.74, 6) is 0. The lowest BCUT2D eigenvalue weighted by molar-refractivity contribution is 0.254. The Hall–Kier alpha value is -0.0100. The van der Waals surface area contributed by atoms with Gasteiger partial charge in [0.1, 0.15) is 0 Å². The molecule has 1 aliphatic heterocycles. The van der Waals surface area contributed by atoms with E-state index in [0.29, 0.717) is 0 Å². The van der Waals surface area contributed by atoms with Crippen LogP contribution in [-0.4, -0.2) is 39.9 Å². The van der Waals surface area contributed by atoms with Crippen molar-refractivity contribution in [2.24, 2.45) is 0 Å². The quantitative estimate of drug-likeness (QED) is 0.509. The zero-order valence-corrected chi connectivity index (χ0v) is 7.02. The van der Waals surface area contributed by atoms with E-state index in [0.717, 1.165) is 32.6 Å². The molecule has 1 unspecified atom stereocenters. The minimum absolute atomic E-state index is 0.730. The van der Waals surface area contributed by atoms with Crippen LogP contribution in [0.1, 0.15) is 6.42 Å². The van der Waals surface area contributed by atoms with E-state index in [1.165, 1.54) is 0 Å². The molecule has 1 saturated heterocycles. The Morgan fingerprint density at radius 1 is 1.45 bits per heavy atom. The molecule has 5 nitrogen and oxygen atoms in total. The van der Waals surface area contributed by atoms with Crippen molar-refractivity contribution < 1.29 is 8.76 Å². The second-order valence-electron chi connectivity index (χ2n) is 2.42. The molecule has 1 aliphatic rings. The lowest BCUT2D eigenvalue weighted by atomic mass is 10.4. The van der Waals surface area contributed by atoms with E-state index in [9.17, 15) is 8.76 Å². The molecule has 0 bridgehead atoms. The number of nitrogens with zero attached hydrogens (tertiary/aromatic N) is 1. The summed E-state index contributed by atoms with van der Waals surface area (Å²) in [6.45, 7) is 3.31. The summed E-state index contributed by atoms with van der Waals surface area (Å²) in [5.41, 5.74) is 0. The third-order valence-electron chi connectivity index (χ3n) is 1.54. The van der Waals surface area contributed by atoms with Crippen LogP contribution in [-0.2, 0) is 11.3 Å². The van der Waals surface area contributed by atoms with E-state index in [1.807, 2.05) is 0 Å². The number of hydrazine groups is 1. The minimum Gasteiger partial charge on any atom is -0.759 e. The van der Waals surface area contributed by atoms with Crippen LogP contribution >= 0.6 is 0 Å². The highest BCUT2D eigenvalue weighted by atomic mass is 32.2. The zero-order chi connectivity index (χ0) is 8.10. The third kappa shape index (κ3) is 3.78. The van der Waals surface area contributed by atoms with Gasteiger partial charge in [-0.15, -0.1) is 0 Å². The average Bonchev–Trinajstić information content (AvgIpc) is 2.14. The fourth-order valence-corrected chi connectivity index (χ4v) is 1.44. The maximum Gasteiger partial charge on any atom is 0.0326 e. The van der Waals surface area contributed by atoms with Gasteiger partial charge in [-0.2, -0.15) is 4.83 Å². The Labute approximate surface area is 68.5 Å². The molecular weight excluding hydrogens is 166 g/mol. The fraction of sp³-hybridized carbons (Fsp3) is 1.00. The van der Waals surface area contributed by atoms with Crippen LogP contribution in [0.3, 0.4) is 0 Å². The zero-order valence-electron chi connectivity index (χ0n) is 6.21. The predicted molar refractivity (Wildman–Crippen MR) is 41.1 cm³/mol. The number of hydrogen-bond acceptors (Lipinski definition) is 4. The van der Waals surface area contributed by atoms with Gasteiger partial charge in [-0.25, -0.2) is 5.01 Å². The summed E-state index contributed by atoms with van der Waals surface area (Å²) in [4.78, 5) is 2.33. The molecule has 1 atom stereocenters. The Morgan fingerprint density at radius 3 is 3.00 bits per heavy atom. The molecule has 0 aromatic carbocycles. The summed E-state index contributed by atoms with van der Waals surface area (Å²) < 4.78 is 20.4. The van der Waals surface area contributed by atoms with Crippen LogP contribution < -0.4 is 10.1 Å². The fourth-order valence-electron chi connectivity index (χ4n) is 1.04. The summed E-state index contributed by atoms with van der Waals surface area (Å²) >= 11 is -2.17. The molecule has 1 rings (SSSR count). The molecule has 6 heteroatoms. The highest BCUT2D eigenvalue weighted by molar-refractivity contribution is 7.76. The first kappa shape index (κ1) is 9.08. The molecule has 1 fully saturated rings. The van der Waals surface area contributed by atoms with Crippen molar-refractivity contribution in [2.45, 2.75) is 6.42 Å². The van der Waals surface area contributed by atoms with Crippen molar-refractivity contribution in [1.29, 1.82) is 0 Å². The summed E-state index contributed by atoms with van der Waals surface area (Å²) in [6, 6.07) is 0. The van der Waals surface area contributed by atoms with Crippen molar-refractivity contribution in [3.63, 3.8) is 0 Å². The van der Waals surface area contributed by atoms with Crippen molar-refractivity contribution in [3.05, 3.63) is 0 Å². The third-order valence-corrected chi connectivity index (χ3v) is 1.95. The van der Waals surface area contributed by atoms with Gasteiger partial charge in [0.15, 0.2) is 0 Å². The SMILES string of the molecule is O=S([O-])NN1CCCNCC1. The molecule has 11 heavy (non-hydrogen) atoms. The Balaban J connectivity index is 2.25. The van der Waals surface area contributed by atoms with Crippen molar-refractivity contribution in [3.8, 4) is 0 Å². The van der Waals surface area contributed by atoms with Gasteiger partial charge in [0.2, 0.25) is 0 Å². The molecule has 0 aromatic heterocycles. The summed E-state index contributed by atoms with van der Waals surface area (Å²) in [6.07, 6.45) is 0.976. The summed E-state index contributed by atoms with van der Waals surface area (Å²) in [7, 11) is 0. The first-order chi connectivity index (χ1) is 5.29. The molecule has 0 spiro atoms. The van der Waals surface area contributed by atoms with Crippen molar-refractivity contribution in [2.75, 3.05) is 26.2 Å². The molecule has 0 aliphatic carbocycles. The van der Waals surface area contributed by atoms with Crippen LogP contribution in [0.25, 0.3) is 0 Å². The van der Waals surface area contributed by atoms with E-state index in [1.54, 1.807) is 5.01 Å². The smallest absolute Gasteiger partial charge is 0.0326 e. The number of hydrogen-bond donors (Lipinski definition) is 2. The summed E-state index contributed by atoms with van der Waals surface area (Å²) in [5, 5.41) is 4.87. The van der Waals surface area contributed by atoms with E-state index in [2.05, 4.69) is 10.1 Å². The standard InChI is InChI=1S/C5H13N3O2S/c9-11(10)7-8-4-1-2-6-3-5-8/h6-7H,1-5H2,(H,9,10)/p-1. The molecule has 66 valence electrons. The Kier molecular flexibility index (Phi) is 3.95. The molecular formula is C5H12N3O2S-. The molecule has 0 amide bonds. The van der Waals surface area contributed by atoms with Crippen LogP contribution in [0.5, 0.6) is 0 Å². The van der Waals surface area contributed by atoms with Gasteiger partial charge in [-0.05, 0) is 13.0 Å². The topological polar surface area (TPSA) is 67.4 Å². The van der Waals surface area contributed by atoms with Crippen LogP contribution in [0.15, 0.2) is 0 Å². The lowest BCUT2D eigenvalue weighted by Crippen LogP contribution is -2.41. The highest BCUT2D eigenvalue weighted by Crippen LogP contribution is 1.90. The van der Waals surface area contributed by atoms with E-state index in [-0.39, 0.29) is 0 Å². The monoisotopic (exact) mass is 178 g/mol.